The summed E-state index contributed by atoms with van der Waals surface area (Å²) in [6, 6.07) is 4.74. The van der Waals surface area contributed by atoms with E-state index >= 15 is 0 Å². The summed E-state index contributed by atoms with van der Waals surface area (Å²) in [6.07, 6.45) is 2.64. The molecule has 2 aliphatic heterocycles. The molecule has 110 valence electrons. The number of hydrogen-bond donors (Lipinski definition) is 2. The molecule has 1 aromatic heterocycles. The lowest BCUT2D eigenvalue weighted by atomic mass is 10.1. The third kappa shape index (κ3) is 1.66. The minimum atomic E-state index is -0.244. The normalized spacial score (nSPS) is 30.7. The molecule has 1 saturated heterocycles. The number of aliphatic hydroxyl groups excluding tert-OH is 1. The summed E-state index contributed by atoms with van der Waals surface area (Å²) in [4.78, 5) is 7.12. The molecule has 1 aliphatic carbocycles. The van der Waals surface area contributed by atoms with Crippen LogP contribution in [0.15, 0.2) is 12.1 Å². The van der Waals surface area contributed by atoms with Gasteiger partial charge in [-0.15, -0.1) is 0 Å². The molecule has 0 unspecified atom stereocenters. The van der Waals surface area contributed by atoms with Gasteiger partial charge in [0.2, 0.25) is 0 Å². The average Bonchev–Trinajstić information content (AvgIpc) is 3.21. The highest BCUT2D eigenvalue weighted by atomic mass is 32.1. The van der Waals surface area contributed by atoms with E-state index in [9.17, 15) is 5.11 Å². The molecule has 5 rings (SSSR count). The van der Waals surface area contributed by atoms with Crippen LogP contribution in [0.2, 0.25) is 0 Å². The Kier molecular flexibility index (Phi) is 2.51. The summed E-state index contributed by atoms with van der Waals surface area (Å²) in [7, 11) is 0. The standard InChI is InChI=1S/C15H17N3O2S/c19-10-2-1-9-14(10)18(7-16-9)15-17-13-8-5-6-20-11(8)3-4-12(13)21-15/h3-4,9-10,14,16,19H,1-2,5-7H2/t9-,10-,14-/m1/s1. The molecule has 1 saturated carbocycles. The van der Waals surface area contributed by atoms with E-state index in [-0.39, 0.29) is 12.1 Å². The minimum absolute atomic E-state index is 0.176. The van der Waals surface area contributed by atoms with Gasteiger partial charge >= 0.3 is 0 Å². The first-order valence-corrected chi connectivity index (χ1v) is 8.36. The third-order valence-corrected chi connectivity index (χ3v) is 5.99. The first kappa shape index (κ1) is 12.2. The van der Waals surface area contributed by atoms with Crippen molar-refractivity contribution >= 4 is 26.7 Å². The lowest BCUT2D eigenvalue weighted by molar-refractivity contribution is 0.164. The number of rotatable bonds is 1. The molecule has 3 aliphatic rings. The summed E-state index contributed by atoms with van der Waals surface area (Å²) < 4.78 is 6.84. The molecule has 2 aromatic rings. The number of benzene rings is 1. The SMILES string of the molecule is O[C@@H]1CC[C@H]2NCN(c3nc4c5c(ccc4s3)OCC5)[C@@H]12. The second-order valence-corrected chi connectivity index (χ2v) is 7.07. The number of aliphatic hydroxyl groups is 1. The first-order chi connectivity index (χ1) is 10.3. The van der Waals surface area contributed by atoms with Crippen molar-refractivity contribution in [1.29, 1.82) is 0 Å². The van der Waals surface area contributed by atoms with Gasteiger partial charge in [0.15, 0.2) is 5.13 Å². The molecule has 3 heterocycles. The molecule has 0 bridgehead atoms. The molecular formula is C15H17N3O2S. The quantitative estimate of drug-likeness (QED) is 0.836. The molecule has 0 radical (unpaired) electrons. The predicted molar refractivity (Wildman–Crippen MR) is 82.1 cm³/mol. The zero-order valence-corrected chi connectivity index (χ0v) is 12.4. The van der Waals surface area contributed by atoms with E-state index in [1.165, 1.54) is 10.3 Å². The Labute approximate surface area is 126 Å². The highest BCUT2D eigenvalue weighted by molar-refractivity contribution is 7.22. The highest BCUT2D eigenvalue weighted by Gasteiger charge is 2.44. The molecule has 3 atom stereocenters. The average molecular weight is 303 g/mol. The monoisotopic (exact) mass is 303 g/mol. The van der Waals surface area contributed by atoms with Crippen molar-refractivity contribution < 1.29 is 9.84 Å². The summed E-state index contributed by atoms with van der Waals surface area (Å²) in [5, 5.41) is 14.8. The van der Waals surface area contributed by atoms with Gasteiger partial charge in [-0.25, -0.2) is 4.98 Å². The van der Waals surface area contributed by atoms with Crippen LogP contribution in [0.4, 0.5) is 5.13 Å². The fourth-order valence-corrected chi connectivity index (χ4v) is 4.94. The second-order valence-electron chi connectivity index (χ2n) is 6.06. The third-order valence-electron chi connectivity index (χ3n) is 4.93. The van der Waals surface area contributed by atoms with Crippen LogP contribution >= 0.6 is 11.3 Å². The molecule has 21 heavy (non-hydrogen) atoms. The van der Waals surface area contributed by atoms with Crippen molar-refractivity contribution in [3.05, 3.63) is 17.7 Å². The zero-order valence-electron chi connectivity index (χ0n) is 11.6. The smallest absolute Gasteiger partial charge is 0.187 e. The molecular weight excluding hydrogens is 286 g/mol. The Balaban J connectivity index is 1.59. The van der Waals surface area contributed by atoms with E-state index in [4.69, 9.17) is 9.72 Å². The van der Waals surface area contributed by atoms with E-state index < -0.39 is 0 Å². The number of aromatic nitrogens is 1. The van der Waals surface area contributed by atoms with Crippen molar-refractivity contribution in [3.8, 4) is 5.75 Å². The number of hydrogen-bond acceptors (Lipinski definition) is 6. The maximum atomic E-state index is 10.2. The Morgan fingerprint density at radius 1 is 1.38 bits per heavy atom. The zero-order chi connectivity index (χ0) is 14.0. The molecule has 2 N–H and O–H groups in total. The fourth-order valence-electron chi connectivity index (χ4n) is 3.90. The van der Waals surface area contributed by atoms with E-state index in [1.807, 2.05) is 0 Å². The topological polar surface area (TPSA) is 57.6 Å². The van der Waals surface area contributed by atoms with Gasteiger partial charge in [-0.3, -0.25) is 5.32 Å². The maximum absolute atomic E-state index is 10.2. The second kappa shape index (κ2) is 4.32. The van der Waals surface area contributed by atoms with Crippen LogP contribution in [0.1, 0.15) is 18.4 Å². The largest absolute Gasteiger partial charge is 0.493 e. The van der Waals surface area contributed by atoms with Gasteiger partial charge in [0.25, 0.3) is 0 Å². The molecule has 2 fully saturated rings. The Morgan fingerprint density at radius 3 is 3.29 bits per heavy atom. The van der Waals surface area contributed by atoms with Crippen LogP contribution < -0.4 is 15.0 Å². The van der Waals surface area contributed by atoms with Gasteiger partial charge in [0.05, 0.1) is 35.6 Å². The maximum Gasteiger partial charge on any atom is 0.187 e. The predicted octanol–water partition coefficient (Wildman–Crippen LogP) is 1.49. The van der Waals surface area contributed by atoms with Crippen LogP contribution in [0.3, 0.4) is 0 Å². The van der Waals surface area contributed by atoms with Crippen LogP contribution in [0, 0.1) is 0 Å². The van der Waals surface area contributed by atoms with Crippen molar-refractivity contribution in [3.63, 3.8) is 0 Å². The highest BCUT2D eigenvalue weighted by Crippen LogP contribution is 2.40. The Morgan fingerprint density at radius 2 is 2.33 bits per heavy atom. The molecule has 6 heteroatoms. The number of nitrogens with zero attached hydrogens (tertiary/aromatic N) is 2. The van der Waals surface area contributed by atoms with Crippen LogP contribution in [0.25, 0.3) is 10.2 Å². The summed E-state index contributed by atoms with van der Waals surface area (Å²) in [6.45, 7) is 1.54. The van der Waals surface area contributed by atoms with Gasteiger partial charge in [-0.2, -0.15) is 0 Å². The van der Waals surface area contributed by atoms with Gasteiger partial charge in [-0.1, -0.05) is 11.3 Å². The van der Waals surface area contributed by atoms with Crippen LogP contribution in [-0.2, 0) is 6.42 Å². The summed E-state index contributed by atoms with van der Waals surface area (Å²) in [5.74, 6) is 0.984. The molecule has 0 spiro atoms. The van der Waals surface area contributed by atoms with Gasteiger partial charge in [0, 0.05) is 18.0 Å². The van der Waals surface area contributed by atoms with E-state index in [0.29, 0.717) is 6.04 Å². The number of thiazole rings is 1. The molecule has 5 nitrogen and oxygen atoms in total. The lowest BCUT2D eigenvalue weighted by Gasteiger charge is -2.24. The summed E-state index contributed by atoms with van der Waals surface area (Å²) in [5.41, 5.74) is 2.33. The van der Waals surface area contributed by atoms with Crippen molar-refractivity contribution in [2.75, 3.05) is 18.2 Å². The number of nitrogens with one attached hydrogen (secondary N) is 1. The van der Waals surface area contributed by atoms with Gasteiger partial charge in [-0.05, 0) is 25.0 Å². The van der Waals surface area contributed by atoms with E-state index in [0.717, 1.165) is 48.9 Å². The number of fused-ring (bicyclic) bond motifs is 4. The number of anilines is 1. The van der Waals surface area contributed by atoms with Crippen molar-refractivity contribution in [2.24, 2.45) is 0 Å². The van der Waals surface area contributed by atoms with E-state index in [2.05, 4.69) is 22.3 Å². The first-order valence-electron chi connectivity index (χ1n) is 7.54. The van der Waals surface area contributed by atoms with Gasteiger partial charge < -0.3 is 14.7 Å². The number of ether oxygens (including phenoxy) is 1. The molecule has 0 amide bonds. The van der Waals surface area contributed by atoms with Crippen molar-refractivity contribution in [1.82, 2.24) is 10.3 Å². The van der Waals surface area contributed by atoms with E-state index in [1.54, 1.807) is 11.3 Å². The lowest BCUT2D eigenvalue weighted by Crippen LogP contribution is -2.39. The summed E-state index contributed by atoms with van der Waals surface area (Å²) >= 11 is 1.72. The van der Waals surface area contributed by atoms with Crippen LogP contribution in [0.5, 0.6) is 5.75 Å². The van der Waals surface area contributed by atoms with Crippen LogP contribution in [-0.4, -0.2) is 41.6 Å². The van der Waals surface area contributed by atoms with Gasteiger partial charge in [0.1, 0.15) is 5.75 Å². The molecule has 1 aromatic carbocycles. The fraction of sp³-hybridized carbons (Fsp3) is 0.533. The minimum Gasteiger partial charge on any atom is -0.493 e. The Hall–Kier alpha value is -1.37. The van der Waals surface area contributed by atoms with Crippen molar-refractivity contribution in [2.45, 2.75) is 37.5 Å². The Bertz CT molecular complexity index is 716.